The molecule has 0 bridgehead atoms. The van der Waals surface area contributed by atoms with Gasteiger partial charge in [0.25, 0.3) is 0 Å². The fourth-order valence-corrected chi connectivity index (χ4v) is 2.05. The molecule has 0 amide bonds. The molecule has 0 aromatic carbocycles. The molecule has 2 aromatic rings. The van der Waals surface area contributed by atoms with Crippen molar-refractivity contribution in [3.8, 4) is 0 Å². The highest BCUT2D eigenvalue weighted by atomic mass is 15.1. The molecule has 106 valence electrons. The largest absolute Gasteiger partial charge is 0.370 e. The molecule has 1 N–H and O–H groups in total. The van der Waals surface area contributed by atoms with Crippen LogP contribution in [0, 0.1) is 0 Å². The molecule has 2 aromatic heterocycles. The molecule has 4 heteroatoms. The number of pyridine rings is 2. The van der Waals surface area contributed by atoms with Gasteiger partial charge in [0, 0.05) is 44.4 Å². The molecule has 0 saturated carbocycles. The summed E-state index contributed by atoms with van der Waals surface area (Å²) in [6, 6.07) is 8.24. The summed E-state index contributed by atoms with van der Waals surface area (Å²) in [6.07, 6.45) is 6.72. The minimum atomic E-state index is 0.822. The monoisotopic (exact) mass is 270 g/mol. The zero-order valence-electron chi connectivity index (χ0n) is 12.2. The summed E-state index contributed by atoms with van der Waals surface area (Å²) in [7, 11) is 2.09. The first-order valence-corrected chi connectivity index (χ1v) is 7.05. The molecular formula is C16H22N4. The van der Waals surface area contributed by atoms with E-state index in [0.717, 1.165) is 31.7 Å². The molecule has 2 rings (SSSR count). The van der Waals surface area contributed by atoms with E-state index in [0.29, 0.717) is 0 Å². The van der Waals surface area contributed by atoms with Gasteiger partial charge in [-0.1, -0.05) is 13.0 Å². The summed E-state index contributed by atoms with van der Waals surface area (Å²) in [4.78, 5) is 10.8. The van der Waals surface area contributed by atoms with Gasteiger partial charge in [-0.2, -0.15) is 0 Å². The summed E-state index contributed by atoms with van der Waals surface area (Å²) in [6.45, 7) is 4.86. The summed E-state index contributed by atoms with van der Waals surface area (Å²) in [5.41, 5.74) is 3.46. The van der Waals surface area contributed by atoms with Gasteiger partial charge in [0.2, 0.25) is 0 Å². The Kier molecular flexibility index (Phi) is 5.50. The van der Waals surface area contributed by atoms with Gasteiger partial charge in [-0.05, 0) is 36.7 Å². The Hall–Kier alpha value is -1.94. The average Bonchev–Trinajstić information content (AvgIpc) is 2.49. The van der Waals surface area contributed by atoms with Crippen molar-refractivity contribution in [2.75, 3.05) is 18.5 Å². The van der Waals surface area contributed by atoms with E-state index < -0.39 is 0 Å². The Morgan fingerprint density at radius 2 is 2.15 bits per heavy atom. The number of hydrogen-bond donors (Lipinski definition) is 1. The quantitative estimate of drug-likeness (QED) is 0.785. The molecule has 2 heterocycles. The van der Waals surface area contributed by atoms with Gasteiger partial charge in [0.1, 0.15) is 0 Å². The van der Waals surface area contributed by atoms with Crippen molar-refractivity contribution in [3.63, 3.8) is 0 Å². The topological polar surface area (TPSA) is 41.0 Å². The van der Waals surface area contributed by atoms with E-state index >= 15 is 0 Å². The Labute approximate surface area is 120 Å². The van der Waals surface area contributed by atoms with Gasteiger partial charge < -0.3 is 10.2 Å². The zero-order chi connectivity index (χ0) is 14.2. The Bertz CT molecular complexity index is 513. The fraction of sp³-hybridized carbons (Fsp3) is 0.375. The third-order valence-corrected chi connectivity index (χ3v) is 3.12. The first-order chi connectivity index (χ1) is 9.79. The second-order valence-electron chi connectivity index (χ2n) is 4.90. The van der Waals surface area contributed by atoms with Crippen LogP contribution in [-0.2, 0) is 13.1 Å². The highest BCUT2D eigenvalue weighted by Crippen LogP contribution is 2.15. The maximum atomic E-state index is 4.40. The predicted molar refractivity (Wildman–Crippen MR) is 82.6 cm³/mol. The second-order valence-corrected chi connectivity index (χ2v) is 4.90. The van der Waals surface area contributed by atoms with Crippen molar-refractivity contribution in [2.24, 2.45) is 0 Å². The van der Waals surface area contributed by atoms with Gasteiger partial charge in [-0.25, -0.2) is 0 Å². The lowest BCUT2D eigenvalue weighted by molar-refractivity contribution is 0.664. The first-order valence-electron chi connectivity index (χ1n) is 7.05. The minimum absolute atomic E-state index is 0.822. The Balaban J connectivity index is 1.99. The van der Waals surface area contributed by atoms with Crippen LogP contribution in [0.15, 0.2) is 42.9 Å². The normalized spacial score (nSPS) is 10.5. The lowest BCUT2D eigenvalue weighted by Gasteiger charge is -2.19. The molecule has 0 radical (unpaired) electrons. The van der Waals surface area contributed by atoms with Crippen molar-refractivity contribution in [3.05, 3.63) is 54.1 Å². The van der Waals surface area contributed by atoms with E-state index in [2.05, 4.69) is 46.3 Å². The van der Waals surface area contributed by atoms with Crippen LogP contribution in [0.1, 0.15) is 24.6 Å². The van der Waals surface area contributed by atoms with E-state index in [1.165, 1.54) is 11.3 Å². The predicted octanol–water partition coefficient (Wildman–Crippen LogP) is 2.61. The Morgan fingerprint density at radius 1 is 1.25 bits per heavy atom. The van der Waals surface area contributed by atoms with E-state index in [9.17, 15) is 0 Å². The van der Waals surface area contributed by atoms with Crippen molar-refractivity contribution in [2.45, 2.75) is 26.4 Å². The smallest absolute Gasteiger partial charge is 0.0562 e. The van der Waals surface area contributed by atoms with Crippen LogP contribution in [0.25, 0.3) is 0 Å². The lowest BCUT2D eigenvalue weighted by atomic mass is 10.2. The van der Waals surface area contributed by atoms with Gasteiger partial charge in [0.05, 0.1) is 5.69 Å². The number of nitrogens with one attached hydrogen (secondary N) is 1. The number of nitrogens with zero attached hydrogens (tertiary/aromatic N) is 3. The SMILES string of the molecule is CCCNCc1cc(N(C)Cc2cccnc2)ccn1. The van der Waals surface area contributed by atoms with Crippen molar-refractivity contribution in [1.29, 1.82) is 0 Å². The van der Waals surface area contributed by atoms with Crippen LogP contribution in [0.2, 0.25) is 0 Å². The van der Waals surface area contributed by atoms with Crippen LogP contribution < -0.4 is 10.2 Å². The van der Waals surface area contributed by atoms with Crippen molar-refractivity contribution in [1.82, 2.24) is 15.3 Å². The van der Waals surface area contributed by atoms with Crippen LogP contribution in [0.4, 0.5) is 5.69 Å². The first kappa shape index (κ1) is 14.5. The molecule has 0 aliphatic rings. The number of rotatable bonds is 7. The van der Waals surface area contributed by atoms with E-state index in [1.807, 2.05) is 24.5 Å². The Morgan fingerprint density at radius 3 is 2.90 bits per heavy atom. The van der Waals surface area contributed by atoms with E-state index in [1.54, 1.807) is 6.20 Å². The summed E-state index contributed by atoms with van der Waals surface area (Å²) < 4.78 is 0. The van der Waals surface area contributed by atoms with Crippen LogP contribution in [-0.4, -0.2) is 23.6 Å². The molecular weight excluding hydrogens is 248 g/mol. The zero-order valence-corrected chi connectivity index (χ0v) is 12.2. The molecule has 0 fully saturated rings. The molecule has 0 atom stereocenters. The number of hydrogen-bond acceptors (Lipinski definition) is 4. The molecule has 20 heavy (non-hydrogen) atoms. The fourth-order valence-electron chi connectivity index (χ4n) is 2.05. The lowest BCUT2D eigenvalue weighted by Crippen LogP contribution is -2.18. The molecule has 0 spiro atoms. The van der Waals surface area contributed by atoms with E-state index in [4.69, 9.17) is 0 Å². The molecule has 0 aliphatic carbocycles. The van der Waals surface area contributed by atoms with Gasteiger partial charge >= 0.3 is 0 Å². The van der Waals surface area contributed by atoms with Gasteiger partial charge in [0.15, 0.2) is 0 Å². The molecule has 0 aliphatic heterocycles. The van der Waals surface area contributed by atoms with Crippen molar-refractivity contribution >= 4 is 5.69 Å². The van der Waals surface area contributed by atoms with Crippen molar-refractivity contribution < 1.29 is 0 Å². The van der Waals surface area contributed by atoms with Crippen LogP contribution in [0.5, 0.6) is 0 Å². The molecule has 0 saturated heterocycles. The third kappa shape index (κ3) is 4.31. The highest BCUT2D eigenvalue weighted by molar-refractivity contribution is 5.46. The molecule has 0 unspecified atom stereocenters. The average molecular weight is 270 g/mol. The maximum absolute atomic E-state index is 4.40. The maximum Gasteiger partial charge on any atom is 0.0562 e. The minimum Gasteiger partial charge on any atom is -0.370 e. The highest BCUT2D eigenvalue weighted by Gasteiger charge is 2.04. The summed E-state index contributed by atoms with van der Waals surface area (Å²) in [5, 5.41) is 3.38. The number of anilines is 1. The third-order valence-electron chi connectivity index (χ3n) is 3.12. The van der Waals surface area contributed by atoms with E-state index in [-0.39, 0.29) is 0 Å². The summed E-state index contributed by atoms with van der Waals surface area (Å²) >= 11 is 0. The van der Waals surface area contributed by atoms with Crippen LogP contribution >= 0.6 is 0 Å². The van der Waals surface area contributed by atoms with Gasteiger partial charge in [-0.15, -0.1) is 0 Å². The van der Waals surface area contributed by atoms with Gasteiger partial charge in [-0.3, -0.25) is 9.97 Å². The molecule has 4 nitrogen and oxygen atoms in total. The second kappa shape index (κ2) is 7.60. The number of aromatic nitrogens is 2. The van der Waals surface area contributed by atoms with Crippen LogP contribution in [0.3, 0.4) is 0 Å². The standard InChI is InChI=1S/C16H22N4/c1-3-7-17-12-15-10-16(6-9-19-15)20(2)13-14-5-4-8-18-11-14/h4-6,8-11,17H,3,7,12-13H2,1-2H3. The summed E-state index contributed by atoms with van der Waals surface area (Å²) in [5.74, 6) is 0.